The molecular weight excluding hydrogens is 362 g/mol. The van der Waals surface area contributed by atoms with Gasteiger partial charge in [0.25, 0.3) is 11.8 Å². The maximum atomic E-state index is 12.0. The van der Waals surface area contributed by atoms with Gasteiger partial charge >= 0.3 is 19.5 Å². The maximum Gasteiger partial charge on any atom is 2.00 e. The molecule has 9 heteroatoms. The van der Waals surface area contributed by atoms with Gasteiger partial charge in [-0.2, -0.15) is 0 Å². The monoisotopic (exact) mass is 384 g/mol. The van der Waals surface area contributed by atoms with Crippen LogP contribution in [0.4, 0.5) is 0 Å². The molecule has 0 aliphatic carbocycles. The molecule has 5 N–H and O–H groups in total. The average molecular weight is 386 g/mol. The minimum absolute atomic E-state index is 0. The van der Waals surface area contributed by atoms with Crippen LogP contribution in [0.3, 0.4) is 0 Å². The normalized spacial score (nSPS) is 18.3. The minimum Gasteiger partial charge on any atom is -0.349 e. The number of aromatic nitrogens is 1. The van der Waals surface area contributed by atoms with Crippen LogP contribution in [0.15, 0.2) is 18.2 Å². The van der Waals surface area contributed by atoms with Crippen LogP contribution in [-0.2, 0) is 19.5 Å². The maximum absolute atomic E-state index is 12.0. The van der Waals surface area contributed by atoms with Gasteiger partial charge < -0.3 is 26.6 Å². The van der Waals surface area contributed by atoms with Crippen molar-refractivity contribution < 1.29 is 29.1 Å². The topological polar surface area (TPSA) is 107 Å². The van der Waals surface area contributed by atoms with Crippen molar-refractivity contribution in [3.8, 4) is 0 Å². The van der Waals surface area contributed by atoms with E-state index >= 15 is 0 Å². The third kappa shape index (κ3) is 7.44. The van der Waals surface area contributed by atoms with E-state index in [1.165, 1.54) is 0 Å². The molecule has 0 saturated heterocycles. The molecule has 1 aliphatic rings. The number of amides is 2. The summed E-state index contributed by atoms with van der Waals surface area (Å²) in [6.07, 6.45) is 0. The van der Waals surface area contributed by atoms with Gasteiger partial charge in [-0.05, 0) is 12.1 Å². The number of carbonyl (C=O) groups excluding carboxylic acids is 2. The number of nitrogens with one attached hydrogen (secondary N) is 5. The molecular formula is C15H24N6O2Zn+2. The molecule has 0 saturated carbocycles. The first-order chi connectivity index (χ1) is 11.3. The van der Waals surface area contributed by atoms with E-state index in [0.29, 0.717) is 26.2 Å². The summed E-state index contributed by atoms with van der Waals surface area (Å²) in [5.74, 6) is -0.551. The molecule has 2 amide bonds. The third-order valence-corrected chi connectivity index (χ3v) is 3.35. The Balaban J connectivity index is 0.00000288. The zero-order valence-corrected chi connectivity index (χ0v) is 16.8. The van der Waals surface area contributed by atoms with E-state index in [2.05, 4.69) is 31.6 Å². The molecule has 1 aromatic rings. The summed E-state index contributed by atoms with van der Waals surface area (Å²) in [5.41, 5.74) is 0.497. The first-order valence-corrected chi connectivity index (χ1v) is 7.93. The number of rotatable bonds is 0. The van der Waals surface area contributed by atoms with Gasteiger partial charge in [-0.1, -0.05) is 6.07 Å². The number of hydrogen-bond acceptors (Lipinski definition) is 6. The molecule has 2 heterocycles. The number of fused-ring (bicyclic) bond motifs is 2. The van der Waals surface area contributed by atoms with E-state index in [9.17, 15) is 9.59 Å². The Morgan fingerprint density at radius 3 is 1.46 bits per heavy atom. The second-order valence-corrected chi connectivity index (χ2v) is 5.17. The summed E-state index contributed by atoms with van der Waals surface area (Å²) in [5, 5.41) is 15.4. The summed E-state index contributed by atoms with van der Waals surface area (Å²) in [6, 6.07) is 4.87. The molecule has 0 atom stereocenters. The molecule has 2 bridgehead atoms. The molecule has 0 fully saturated rings. The van der Waals surface area contributed by atoms with Crippen LogP contribution in [-0.4, -0.2) is 69.2 Å². The summed E-state index contributed by atoms with van der Waals surface area (Å²) in [4.78, 5) is 28.2. The SMILES string of the molecule is O=C1NCCNCCNCCNCCNC(=O)c2cccc1n2.[Zn+2]. The van der Waals surface area contributed by atoms with Gasteiger partial charge in [0.15, 0.2) is 0 Å². The van der Waals surface area contributed by atoms with Crippen LogP contribution in [0.25, 0.3) is 0 Å². The molecule has 0 radical (unpaired) electrons. The smallest absolute Gasteiger partial charge is 0.349 e. The third-order valence-electron chi connectivity index (χ3n) is 3.35. The van der Waals surface area contributed by atoms with Crippen molar-refractivity contribution in [3.63, 3.8) is 0 Å². The molecule has 1 aromatic heterocycles. The molecule has 2 rings (SSSR count). The van der Waals surface area contributed by atoms with Crippen LogP contribution >= 0.6 is 0 Å². The molecule has 126 valence electrons. The second-order valence-electron chi connectivity index (χ2n) is 5.17. The predicted molar refractivity (Wildman–Crippen MR) is 87.5 cm³/mol. The Bertz CT molecular complexity index is 487. The van der Waals surface area contributed by atoms with Crippen molar-refractivity contribution in [2.24, 2.45) is 0 Å². The molecule has 0 aromatic carbocycles. The predicted octanol–water partition coefficient (Wildman–Crippen LogP) is -1.68. The van der Waals surface area contributed by atoms with Crippen molar-refractivity contribution >= 4 is 11.8 Å². The van der Waals surface area contributed by atoms with E-state index in [4.69, 9.17) is 0 Å². The largest absolute Gasteiger partial charge is 2.00 e. The average Bonchev–Trinajstić information content (AvgIpc) is 2.58. The first kappa shape index (κ1) is 20.6. The van der Waals surface area contributed by atoms with Crippen LogP contribution in [0.1, 0.15) is 21.0 Å². The van der Waals surface area contributed by atoms with Crippen molar-refractivity contribution in [3.05, 3.63) is 29.6 Å². The summed E-state index contributed by atoms with van der Waals surface area (Å²) >= 11 is 0. The fourth-order valence-corrected chi connectivity index (χ4v) is 2.13. The molecule has 8 nitrogen and oxygen atoms in total. The Labute approximate surface area is 154 Å². The van der Waals surface area contributed by atoms with E-state index in [-0.39, 0.29) is 42.7 Å². The number of carbonyl (C=O) groups is 2. The van der Waals surface area contributed by atoms with Crippen molar-refractivity contribution in [2.75, 3.05) is 52.4 Å². The summed E-state index contributed by atoms with van der Waals surface area (Å²) in [7, 11) is 0. The number of pyridine rings is 1. The standard InChI is InChI=1S/C15H24N6O2.Zn/c22-14-12-2-1-3-13(21-12)15(23)20-11-9-18-7-5-16-4-6-17-8-10-19-14;/h1-3,16-18H,4-11H2,(H,19,22)(H,20,23);/q;+2. The number of nitrogens with zero attached hydrogens (tertiary/aromatic N) is 1. The Morgan fingerprint density at radius 1 is 0.667 bits per heavy atom. The van der Waals surface area contributed by atoms with Crippen molar-refractivity contribution in [1.29, 1.82) is 0 Å². The quantitative estimate of drug-likeness (QED) is 0.342. The zero-order valence-electron chi connectivity index (χ0n) is 13.9. The molecule has 0 unspecified atom stereocenters. The zero-order chi connectivity index (χ0) is 16.3. The summed E-state index contributed by atoms with van der Waals surface area (Å²) < 4.78 is 0. The molecule has 1 aliphatic heterocycles. The van der Waals surface area contributed by atoms with Crippen molar-refractivity contribution in [2.45, 2.75) is 0 Å². The Kier molecular flexibility index (Phi) is 10.3. The Hall–Kier alpha value is -1.41. The van der Waals surface area contributed by atoms with E-state index in [1.807, 2.05) is 0 Å². The van der Waals surface area contributed by atoms with Gasteiger partial charge in [0.2, 0.25) is 0 Å². The Morgan fingerprint density at radius 2 is 1.04 bits per heavy atom. The first-order valence-electron chi connectivity index (χ1n) is 7.93. The van der Waals surface area contributed by atoms with Crippen LogP contribution in [0, 0.1) is 0 Å². The van der Waals surface area contributed by atoms with E-state index in [1.54, 1.807) is 18.2 Å². The van der Waals surface area contributed by atoms with Gasteiger partial charge in [0.1, 0.15) is 11.4 Å². The molecule has 24 heavy (non-hydrogen) atoms. The van der Waals surface area contributed by atoms with Gasteiger partial charge in [-0.15, -0.1) is 0 Å². The van der Waals surface area contributed by atoms with E-state index in [0.717, 1.165) is 26.2 Å². The van der Waals surface area contributed by atoms with Crippen LogP contribution in [0.5, 0.6) is 0 Å². The fraction of sp³-hybridized carbons (Fsp3) is 0.533. The van der Waals surface area contributed by atoms with Gasteiger partial charge in [-0.25, -0.2) is 4.98 Å². The minimum atomic E-state index is -0.276. The molecule has 0 spiro atoms. The van der Waals surface area contributed by atoms with Gasteiger partial charge in [-0.3, -0.25) is 9.59 Å². The van der Waals surface area contributed by atoms with Crippen LogP contribution in [0.2, 0.25) is 0 Å². The number of hydrogen-bond donors (Lipinski definition) is 5. The second kappa shape index (κ2) is 12.0. The van der Waals surface area contributed by atoms with Gasteiger partial charge in [0.05, 0.1) is 0 Å². The van der Waals surface area contributed by atoms with Gasteiger partial charge in [0, 0.05) is 52.4 Å². The summed E-state index contributed by atoms with van der Waals surface area (Å²) in [6.45, 7) is 5.83. The van der Waals surface area contributed by atoms with Crippen molar-refractivity contribution in [1.82, 2.24) is 31.6 Å². The fourth-order valence-electron chi connectivity index (χ4n) is 2.13. The van der Waals surface area contributed by atoms with Crippen LogP contribution < -0.4 is 26.6 Å². The van der Waals surface area contributed by atoms with E-state index < -0.39 is 0 Å².